The van der Waals surface area contributed by atoms with Gasteiger partial charge < -0.3 is 5.32 Å². The lowest BCUT2D eigenvalue weighted by molar-refractivity contribution is 1.11. The zero-order chi connectivity index (χ0) is 16.4. The predicted molar refractivity (Wildman–Crippen MR) is 92.8 cm³/mol. The Labute approximate surface area is 138 Å². The van der Waals surface area contributed by atoms with Crippen molar-refractivity contribution >= 4 is 22.7 Å². The first-order chi connectivity index (χ1) is 11.8. The van der Waals surface area contributed by atoms with Crippen LogP contribution in [0.15, 0.2) is 61.1 Å². The zero-order valence-corrected chi connectivity index (χ0v) is 13.0. The van der Waals surface area contributed by atoms with Gasteiger partial charge in [-0.1, -0.05) is 0 Å². The van der Waals surface area contributed by atoms with Crippen molar-refractivity contribution in [1.82, 2.24) is 24.9 Å². The maximum absolute atomic E-state index is 4.45. The third kappa shape index (κ3) is 2.89. The van der Waals surface area contributed by atoms with E-state index in [0.29, 0.717) is 5.65 Å². The van der Waals surface area contributed by atoms with Crippen LogP contribution in [0.4, 0.5) is 11.5 Å². The van der Waals surface area contributed by atoms with E-state index in [0.717, 1.165) is 34.1 Å². The summed E-state index contributed by atoms with van der Waals surface area (Å²) in [4.78, 5) is 21.6. The molecule has 0 bridgehead atoms. The number of anilines is 2. The molecule has 3 heterocycles. The van der Waals surface area contributed by atoms with E-state index in [1.54, 1.807) is 18.6 Å². The van der Waals surface area contributed by atoms with Gasteiger partial charge in [0.05, 0.1) is 0 Å². The molecular formula is C18H14N6. The van der Waals surface area contributed by atoms with Gasteiger partial charge in [-0.3, -0.25) is 4.98 Å². The molecular weight excluding hydrogens is 300 g/mol. The molecule has 0 aliphatic heterocycles. The minimum absolute atomic E-state index is 0.618. The molecule has 4 aromatic rings. The quantitative estimate of drug-likeness (QED) is 0.623. The van der Waals surface area contributed by atoms with E-state index in [9.17, 15) is 0 Å². The zero-order valence-electron chi connectivity index (χ0n) is 13.0. The number of hydrogen-bond acceptors (Lipinski definition) is 6. The minimum Gasteiger partial charge on any atom is -0.340 e. The Hall–Kier alpha value is -3.41. The third-order valence-electron chi connectivity index (χ3n) is 3.54. The summed E-state index contributed by atoms with van der Waals surface area (Å²) in [6.45, 7) is 1.95. The van der Waals surface area contributed by atoms with Crippen molar-refractivity contribution in [3.05, 3.63) is 66.7 Å². The first kappa shape index (κ1) is 14.2. The number of benzene rings is 1. The molecule has 0 unspecified atom stereocenters. The minimum atomic E-state index is 0.618. The summed E-state index contributed by atoms with van der Waals surface area (Å²) in [5.74, 6) is 1.45. The second-order valence-corrected chi connectivity index (χ2v) is 5.32. The molecule has 4 rings (SSSR count). The van der Waals surface area contributed by atoms with Gasteiger partial charge in [0.2, 0.25) is 0 Å². The van der Waals surface area contributed by atoms with Gasteiger partial charge >= 0.3 is 0 Å². The smallest absolute Gasteiger partial charge is 0.180 e. The Morgan fingerprint density at radius 2 is 1.58 bits per heavy atom. The Morgan fingerprint density at radius 3 is 2.42 bits per heavy atom. The van der Waals surface area contributed by atoms with Crippen molar-refractivity contribution in [2.75, 3.05) is 5.32 Å². The van der Waals surface area contributed by atoms with Crippen LogP contribution < -0.4 is 5.32 Å². The van der Waals surface area contributed by atoms with Crippen LogP contribution in [-0.4, -0.2) is 24.9 Å². The average molecular weight is 314 g/mol. The molecule has 0 spiro atoms. The summed E-state index contributed by atoms with van der Waals surface area (Å²) in [5.41, 5.74) is 4.25. The van der Waals surface area contributed by atoms with Crippen LogP contribution >= 0.6 is 0 Å². The van der Waals surface area contributed by atoms with Gasteiger partial charge in [0, 0.05) is 35.5 Å². The lowest BCUT2D eigenvalue weighted by atomic mass is 10.2. The molecule has 3 aromatic heterocycles. The summed E-state index contributed by atoms with van der Waals surface area (Å²) in [7, 11) is 0. The number of aryl methyl sites for hydroxylation is 1. The molecule has 0 saturated heterocycles. The van der Waals surface area contributed by atoms with E-state index < -0.39 is 0 Å². The second kappa shape index (κ2) is 6.00. The molecule has 0 aliphatic carbocycles. The van der Waals surface area contributed by atoms with Gasteiger partial charge in [-0.05, 0) is 49.4 Å². The number of fused-ring (bicyclic) bond motifs is 1. The summed E-state index contributed by atoms with van der Waals surface area (Å²) in [6.07, 6.45) is 5.06. The standard InChI is InChI=1S/C18H14N6/c1-12-8-9-20-17(22-12)13-2-4-14(5-3-13)23-16-7-6-15-18(24-16)21-11-10-19-15/h2-11H,1H3,(H,21,23,24). The number of hydrogen-bond donors (Lipinski definition) is 1. The van der Waals surface area contributed by atoms with Crippen LogP contribution in [0.1, 0.15) is 5.69 Å². The van der Waals surface area contributed by atoms with Crippen LogP contribution in [0.3, 0.4) is 0 Å². The number of rotatable bonds is 3. The molecule has 0 radical (unpaired) electrons. The largest absolute Gasteiger partial charge is 0.340 e. The van der Waals surface area contributed by atoms with Gasteiger partial charge in [0.15, 0.2) is 11.5 Å². The fourth-order valence-electron chi connectivity index (χ4n) is 2.36. The fourth-order valence-corrected chi connectivity index (χ4v) is 2.36. The summed E-state index contributed by atoms with van der Waals surface area (Å²) in [5, 5.41) is 3.27. The Morgan fingerprint density at radius 1 is 0.750 bits per heavy atom. The van der Waals surface area contributed by atoms with Gasteiger partial charge in [-0.25, -0.2) is 19.9 Å². The van der Waals surface area contributed by atoms with Crippen molar-refractivity contribution in [3.63, 3.8) is 0 Å². The number of nitrogens with zero attached hydrogens (tertiary/aromatic N) is 5. The Bertz CT molecular complexity index is 997. The summed E-state index contributed by atoms with van der Waals surface area (Å²) >= 11 is 0. The maximum Gasteiger partial charge on any atom is 0.180 e. The molecule has 0 aliphatic rings. The van der Waals surface area contributed by atoms with Crippen LogP contribution in [0.25, 0.3) is 22.6 Å². The molecule has 6 heteroatoms. The summed E-state index contributed by atoms with van der Waals surface area (Å²) < 4.78 is 0. The first-order valence-electron chi connectivity index (χ1n) is 7.53. The van der Waals surface area contributed by atoms with Crippen molar-refractivity contribution < 1.29 is 0 Å². The highest BCUT2D eigenvalue weighted by Gasteiger charge is 2.03. The van der Waals surface area contributed by atoms with Crippen molar-refractivity contribution in [1.29, 1.82) is 0 Å². The van der Waals surface area contributed by atoms with E-state index in [2.05, 4.69) is 30.2 Å². The monoisotopic (exact) mass is 314 g/mol. The number of nitrogens with one attached hydrogen (secondary N) is 1. The average Bonchev–Trinajstić information content (AvgIpc) is 2.62. The topological polar surface area (TPSA) is 76.5 Å². The highest BCUT2D eigenvalue weighted by Crippen LogP contribution is 2.21. The first-order valence-corrected chi connectivity index (χ1v) is 7.53. The van der Waals surface area contributed by atoms with Gasteiger partial charge in [0.25, 0.3) is 0 Å². The maximum atomic E-state index is 4.45. The molecule has 0 amide bonds. The van der Waals surface area contributed by atoms with Crippen molar-refractivity contribution in [2.24, 2.45) is 0 Å². The molecule has 116 valence electrons. The van der Waals surface area contributed by atoms with Crippen molar-refractivity contribution in [3.8, 4) is 11.4 Å². The SMILES string of the molecule is Cc1ccnc(-c2ccc(Nc3ccc4nccnc4n3)cc2)n1. The molecule has 0 saturated carbocycles. The number of aromatic nitrogens is 5. The van der Waals surface area contributed by atoms with Gasteiger partial charge in [0.1, 0.15) is 11.3 Å². The highest BCUT2D eigenvalue weighted by molar-refractivity contribution is 5.73. The molecule has 1 N–H and O–H groups in total. The molecule has 6 nitrogen and oxygen atoms in total. The van der Waals surface area contributed by atoms with Gasteiger partial charge in [-0.2, -0.15) is 0 Å². The van der Waals surface area contributed by atoms with Crippen LogP contribution in [-0.2, 0) is 0 Å². The molecule has 0 atom stereocenters. The lowest BCUT2D eigenvalue weighted by Gasteiger charge is -2.07. The molecule has 1 aromatic carbocycles. The second-order valence-electron chi connectivity index (χ2n) is 5.32. The lowest BCUT2D eigenvalue weighted by Crippen LogP contribution is -1.96. The van der Waals surface area contributed by atoms with Crippen LogP contribution in [0.5, 0.6) is 0 Å². The summed E-state index contributed by atoms with van der Waals surface area (Å²) in [6, 6.07) is 13.6. The van der Waals surface area contributed by atoms with Gasteiger partial charge in [-0.15, -0.1) is 0 Å². The van der Waals surface area contributed by atoms with Crippen LogP contribution in [0, 0.1) is 6.92 Å². The van der Waals surface area contributed by atoms with Crippen LogP contribution in [0.2, 0.25) is 0 Å². The Balaban J connectivity index is 1.58. The fraction of sp³-hybridized carbons (Fsp3) is 0.0556. The molecule has 24 heavy (non-hydrogen) atoms. The predicted octanol–water partition coefficient (Wildman–Crippen LogP) is 3.53. The van der Waals surface area contributed by atoms with E-state index in [-0.39, 0.29) is 0 Å². The van der Waals surface area contributed by atoms with E-state index >= 15 is 0 Å². The van der Waals surface area contributed by atoms with E-state index in [1.165, 1.54) is 0 Å². The van der Waals surface area contributed by atoms with E-state index in [1.807, 2.05) is 49.4 Å². The van der Waals surface area contributed by atoms with Crippen molar-refractivity contribution in [2.45, 2.75) is 6.92 Å². The van der Waals surface area contributed by atoms with E-state index in [4.69, 9.17) is 0 Å². The normalized spacial score (nSPS) is 10.7. The third-order valence-corrected chi connectivity index (χ3v) is 3.54. The highest BCUT2D eigenvalue weighted by atomic mass is 15.0. The Kier molecular flexibility index (Phi) is 3.55. The number of pyridine rings is 1. The molecule has 0 fully saturated rings.